The summed E-state index contributed by atoms with van der Waals surface area (Å²) in [6, 6.07) is 10.5. The van der Waals surface area contributed by atoms with Crippen LogP contribution in [0.3, 0.4) is 0 Å². The van der Waals surface area contributed by atoms with Gasteiger partial charge in [-0.05, 0) is 69.8 Å². The van der Waals surface area contributed by atoms with Crippen LogP contribution in [0.25, 0.3) is 21.5 Å². The van der Waals surface area contributed by atoms with Crippen molar-refractivity contribution in [2.75, 3.05) is 27.9 Å². The summed E-state index contributed by atoms with van der Waals surface area (Å²) in [7, 11) is 4.98. The first-order valence-electron chi connectivity index (χ1n) is 10.3. The van der Waals surface area contributed by atoms with Gasteiger partial charge in [0.15, 0.2) is 11.5 Å². The third-order valence-corrected chi connectivity index (χ3v) is 6.75. The lowest BCUT2D eigenvalue weighted by atomic mass is 9.81. The number of nitrogens with zero attached hydrogens (tertiary/aromatic N) is 1. The summed E-state index contributed by atoms with van der Waals surface area (Å²) in [5.41, 5.74) is 2.56. The minimum Gasteiger partial charge on any atom is -0.497 e. The molecule has 0 saturated carbocycles. The second-order valence-electron chi connectivity index (χ2n) is 8.28. The van der Waals surface area contributed by atoms with Crippen LogP contribution in [0.2, 0.25) is 0 Å². The van der Waals surface area contributed by atoms with E-state index in [0.717, 1.165) is 34.9 Å². The predicted octanol–water partition coefficient (Wildman–Crippen LogP) is 2.87. The monoisotopic (exact) mass is 409 g/mol. The number of fused-ring (bicyclic) bond motifs is 7. The van der Waals surface area contributed by atoms with Gasteiger partial charge in [0.2, 0.25) is 0 Å². The van der Waals surface area contributed by atoms with Crippen LogP contribution in [0.4, 0.5) is 0 Å². The first kappa shape index (κ1) is 19.4. The van der Waals surface area contributed by atoms with E-state index in [1.54, 1.807) is 21.3 Å². The molecule has 0 amide bonds. The van der Waals surface area contributed by atoms with E-state index < -0.39 is 12.2 Å². The van der Waals surface area contributed by atoms with Gasteiger partial charge in [-0.15, -0.1) is 0 Å². The third-order valence-electron chi connectivity index (χ3n) is 6.75. The molecule has 6 heteroatoms. The lowest BCUT2D eigenvalue weighted by Crippen LogP contribution is -2.54. The van der Waals surface area contributed by atoms with Crippen LogP contribution < -0.4 is 14.2 Å². The number of piperidine rings is 1. The zero-order chi connectivity index (χ0) is 21.0. The summed E-state index contributed by atoms with van der Waals surface area (Å²) in [5, 5.41) is 25.0. The van der Waals surface area contributed by atoms with E-state index in [-0.39, 0.29) is 6.04 Å². The molecule has 0 radical (unpaired) electrons. The Kier molecular flexibility index (Phi) is 4.73. The van der Waals surface area contributed by atoms with Crippen LogP contribution in [-0.4, -0.2) is 61.2 Å². The zero-order valence-corrected chi connectivity index (χ0v) is 17.5. The molecule has 0 aliphatic carbocycles. The molecule has 6 nitrogen and oxygen atoms in total. The largest absolute Gasteiger partial charge is 0.497 e. The Morgan fingerprint density at radius 2 is 1.50 bits per heavy atom. The van der Waals surface area contributed by atoms with Crippen molar-refractivity contribution < 1.29 is 24.4 Å². The number of rotatable bonds is 3. The Hall–Kier alpha value is -2.54. The van der Waals surface area contributed by atoms with Crippen molar-refractivity contribution in [3.05, 3.63) is 41.5 Å². The van der Waals surface area contributed by atoms with Gasteiger partial charge >= 0.3 is 0 Å². The molecule has 2 aliphatic rings. The zero-order valence-electron chi connectivity index (χ0n) is 17.5. The summed E-state index contributed by atoms with van der Waals surface area (Å²) >= 11 is 0. The second kappa shape index (κ2) is 7.30. The van der Waals surface area contributed by atoms with Gasteiger partial charge in [0.25, 0.3) is 0 Å². The predicted molar refractivity (Wildman–Crippen MR) is 116 cm³/mol. The maximum absolute atomic E-state index is 10.2. The van der Waals surface area contributed by atoms with Gasteiger partial charge in [-0.2, -0.15) is 0 Å². The number of aliphatic hydroxyl groups is 2. The molecule has 30 heavy (non-hydrogen) atoms. The molecular weight excluding hydrogens is 382 g/mol. The molecule has 2 N–H and O–H groups in total. The molecule has 1 saturated heterocycles. The Labute approximate surface area is 175 Å². The Balaban J connectivity index is 1.80. The maximum Gasteiger partial charge on any atom is 0.161 e. The van der Waals surface area contributed by atoms with Crippen molar-refractivity contribution in [1.82, 2.24) is 4.90 Å². The Bertz CT molecular complexity index is 1130. The fourth-order valence-corrected chi connectivity index (χ4v) is 5.17. The highest BCUT2D eigenvalue weighted by Crippen LogP contribution is 2.44. The number of methoxy groups -OCH3 is 3. The summed E-state index contributed by atoms with van der Waals surface area (Å²) in [4.78, 5) is 2.30. The summed E-state index contributed by atoms with van der Waals surface area (Å²) in [6.07, 6.45) is 0.0423. The van der Waals surface area contributed by atoms with Crippen LogP contribution >= 0.6 is 0 Å². The van der Waals surface area contributed by atoms with Crippen LogP contribution in [0.1, 0.15) is 17.5 Å². The van der Waals surface area contributed by atoms with Gasteiger partial charge in [-0.3, -0.25) is 4.90 Å². The number of benzene rings is 3. The van der Waals surface area contributed by atoms with E-state index in [2.05, 4.69) is 23.1 Å². The second-order valence-corrected chi connectivity index (χ2v) is 8.28. The molecule has 1 fully saturated rings. The molecule has 2 heterocycles. The smallest absolute Gasteiger partial charge is 0.161 e. The van der Waals surface area contributed by atoms with E-state index >= 15 is 0 Å². The highest BCUT2D eigenvalue weighted by atomic mass is 16.5. The van der Waals surface area contributed by atoms with Crippen molar-refractivity contribution in [3.63, 3.8) is 0 Å². The summed E-state index contributed by atoms with van der Waals surface area (Å²) < 4.78 is 16.7. The number of hydrogen-bond acceptors (Lipinski definition) is 6. The van der Waals surface area contributed by atoms with Crippen molar-refractivity contribution in [3.8, 4) is 17.2 Å². The number of hydrogen-bond donors (Lipinski definition) is 2. The SMILES string of the molecule is COc1ccc2c3c(c4cc(OC)c(OC)cc4c2c1)C[C@H]1C[C@@H](O)[C@H](O)CN1C3. The van der Waals surface area contributed by atoms with Crippen LogP contribution in [0, 0.1) is 0 Å². The highest BCUT2D eigenvalue weighted by Gasteiger charge is 2.37. The maximum atomic E-state index is 10.2. The molecule has 0 bridgehead atoms. The van der Waals surface area contributed by atoms with Gasteiger partial charge in [-0.25, -0.2) is 0 Å². The average Bonchev–Trinajstić information content (AvgIpc) is 2.77. The Morgan fingerprint density at radius 1 is 0.800 bits per heavy atom. The van der Waals surface area contributed by atoms with Gasteiger partial charge in [0.1, 0.15) is 5.75 Å². The Morgan fingerprint density at radius 3 is 2.20 bits per heavy atom. The van der Waals surface area contributed by atoms with Crippen molar-refractivity contribution in [2.24, 2.45) is 0 Å². The minimum atomic E-state index is -0.695. The highest BCUT2D eigenvalue weighted by molar-refractivity contribution is 6.12. The van der Waals surface area contributed by atoms with Crippen LogP contribution in [-0.2, 0) is 13.0 Å². The van der Waals surface area contributed by atoms with Gasteiger partial charge < -0.3 is 24.4 Å². The standard InChI is InChI=1S/C24H27NO5/c1-28-14-4-5-15-17(8-14)19-10-24(30-3)23(29-2)9-18(19)16-6-13-7-21(26)22(27)12-25(13)11-20(15)16/h4-5,8-10,13,21-22,26-27H,6-7,11-12H2,1-3H3/t13-,21+,22+/m0/s1. The van der Waals surface area contributed by atoms with E-state index in [1.807, 2.05) is 12.1 Å². The molecule has 0 aromatic heterocycles. The van der Waals surface area contributed by atoms with E-state index in [4.69, 9.17) is 14.2 Å². The number of aliphatic hydroxyl groups excluding tert-OH is 2. The first-order valence-corrected chi connectivity index (χ1v) is 10.3. The van der Waals surface area contributed by atoms with Crippen LogP contribution in [0.15, 0.2) is 30.3 Å². The average molecular weight is 409 g/mol. The molecule has 3 aromatic rings. The van der Waals surface area contributed by atoms with Gasteiger partial charge in [0, 0.05) is 19.1 Å². The molecule has 0 spiro atoms. The molecule has 158 valence electrons. The van der Waals surface area contributed by atoms with Crippen molar-refractivity contribution >= 4 is 21.5 Å². The molecule has 5 rings (SSSR count). The van der Waals surface area contributed by atoms with Gasteiger partial charge in [-0.1, -0.05) is 6.07 Å². The third kappa shape index (κ3) is 2.90. The quantitative estimate of drug-likeness (QED) is 0.649. The summed E-state index contributed by atoms with van der Waals surface area (Å²) in [5.74, 6) is 2.21. The molecule has 0 unspecified atom stereocenters. The fraction of sp³-hybridized carbons (Fsp3) is 0.417. The molecular formula is C24H27NO5. The van der Waals surface area contributed by atoms with E-state index in [1.165, 1.54) is 16.5 Å². The normalized spacial score (nSPS) is 23.8. The van der Waals surface area contributed by atoms with Crippen LogP contribution in [0.5, 0.6) is 17.2 Å². The summed E-state index contributed by atoms with van der Waals surface area (Å²) in [6.45, 7) is 1.24. The van der Waals surface area contributed by atoms with E-state index in [9.17, 15) is 10.2 Å². The molecule has 3 atom stereocenters. The van der Waals surface area contributed by atoms with Gasteiger partial charge in [0.05, 0.1) is 33.5 Å². The fourth-order valence-electron chi connectivity index (χ4n) is 5.17. The molecule has 3 aromatic carbocycles. The van der Waals surface area contributed by atoms with Crippen molar-refractivity contribution in [1.29, 1.82) is 0 Å². The minimum absolute atomic E-state index is 0.211. The lowest BCUT2D eigenvalue weighted by molar-refractivity contribution is -0.0663. The van der Waals surface area contributed by atoms with E-state index in [0.29, 0.717) is 24.5 Å². The van der Waals surface area contributed by atoms with Crippen molar-refractivity contribution in [2.45, 2.75) is 37.6 Å². The molecule has 2 aliphatic heterocycles. The first-order chi connectivity index (χ1) is 14.5. The lowest BCUT2D eigenvalue weighted by Gasteiger charge is -2.44. The topological polar surface area (TPSA) is 71.4 Å². The number of ether oxygens (including phenoxy) is 3.